The average molecular weight is 920 g/mol. The number of anilines is 2. The van der Waals surface area contributed by atoms with Crippen LogP contribution in [0.5, 0.6) is 17.2 Å². The molecule has 1 atom stereocenters. The van der Waals surface area contributed by atoms with Gasteiger partial charge in [0.15, 0.2) is 11.4 Å². The van der Waals surface area contributed by atoms with Crippen LogP contribution in [0.3, 0.4) is 0 Å². The molecular formula is C48H47ClFN7O7S. The number of benzene rings is 4. The number of ether oxygens (including phenoxy) is 2. The van der Waals surface area contributed by atoms with Gasteiger partial charge in [0.25, 0.3) is 21.6 Å². The maximum Gasteiger partial charge on any atom is 0.297 e. The van der Waals surface area contributed by atoms with Crippen LogP contribution >= 0.6 is 11.6 Å². The summed E-state index contributed by atoms with van der Waals surface area (Å²) in [6, 6.07) is 24.3. The second-order valence-corrected chi connectivity index (χ2v) is 19.6. The van der Waals surface area contributed by atoms with Crippen molar-refractivity contribution in [3.8, 4) is 17.2 Å². The van der Waals surface area contributed by atoms with Crippen LogP contribution in [0.4, 0.5) is 21.5 Å². The van der Waals surface area contributed by atoms with Crippen molar-refractivity contribution in [1.29, 1.82) is 0 Å². The lowest BCUT2D eigenvalue weighted by molar-refractivity contribution is -0.384. The summed E-state index contributed by atoms with van der Waals surface area (Å²) in [5, 5.41) is 16.8. The van der Waals surface area contributed by atoms with E-state index < -0.39 is 43.3 Å². The lowest BCUT2D eigenvalue weighted by atomic mass is 9.72. The summed E-state index contributed by atoms with van der Waals surface area (Å²) < 4.78 is 56.4. The van der Waals surface area contributed by atoms with Gasteiger partial charge >= 0.3 is 0 Å². The van der Waals surface area contributed by atoms with Crippen molar-refractivity contribution in [2.24, 2.45) is 5.41 Å². The number of aromatic amines is 1. The minimum absolute atomic E-state index is 0.0261. The van der Waals surface area contributed by atoms with Gasteiger partial charge in [-0.2, -0.15) is 0 Å². The molecule has 17 heteroatoms. The van der Waals surface area contributed by atoms with Crippen molar-refractivity contribution in [1.82, 2.24) is 19.6 Å². The lowest BCUT2D eigenvalue weighted by Gasteiger charge is -2.39. The third kappa shape index (κ3) is 9.65. The Morgan fingerprint density at radius 1 is 1.05 bits per heavy atom. The first-order valence-corrected chi connectivity index (χ1v) is 23.3. The number of carbonyl (C=O) groups excluding carboxylic acids is 1. The number of sulfonamides is 1. The number of pyridine rings is 1. The molecule has 2 aromatic heterocycles. The van der Waals surface area contributed by atoms with Gasteiger partial charge in [-0.3, -0.25) is 19.8 Å². The van der Waals surface area contributed by atoms with Crippen molar-refractivity contribution in [2.45, 2.75) is 50.5 Å². The summed E-state index contributed by atoms with van der Waals surface area (Å²) in [5.74, 6) is -1.14. The fourth-order valence-corrected chi connectivity index (χ4v) is 9.95. The first kappa shape index (κ1) is 43.7. The third-order valence-corrected chi connectivity index (χ3v) is 13.9. The Bertz CT molecular complexity index is 2950. The molecule has 14 nitrogen and oxygen atoms in total. The van der Waals surface area contributed by atoms with E-state index in [9.17, 15) is 27.7 Å². The molecule has 1 amide bonds. The number of nitrogens with zero attached hydrogens (tertiary/aromatic N) is 4. The smallest absolute Gasteiger partial charge is 0.297 e. The molecule has 1 aliphatic carbocycles. The number of nitrogens with one attached hydrogen (secondary N) is 3. The molecule has 0 unspecified atom stereocenters. The highest BCUT2D eigenvalue weighted by Gasteiger charge is 2.33. The van der Waals surface area contributed by atoms with E-state index in [2.05, 4.69) is 55.8 Å². The third-order valence-electron chi connectivity index (χ3n) is 12.3. The Kier molecular flexibility index (Phi) is 12.0. The van der Waals surface area contributed by atoms with Gasteiger partial charge in [-0.05, 0) is 90.3 Å². The number of carbonyl (C=O) groups is 1. The number of nitro benzene ring substituents is 1. The lowest BCUT2D eigenvalue weighted by Crippen LogP contribution is -2.47. The molecule has 1 saturated heterocycles. The van der Waals surface area contributed by atoms with Gasteiger partial charge in [-0.15, -0.1) is 0 Å². The number of fused-ring (bicyclic) bond motifs is 2. The van der Waals surface area contributed by atoms with Crippen LogP contribution in [0, 0.1) is 21.3 Å². The van der Waals surface area contributed by atoms with Gasteiger partial charge in [0.1, 0.15) is 29.6 Å². The molecule has 0 bridgehead atoms. The van der Waals surface area contributed by atoms with E-state index in [1.54, 1.807) is 42.6 Å². The van der Waals surface area contributed by atoms with E-state index in [-0.39, 0.29) is 41.2 Å². The van der Waals surface area contributed by atoms with E-state index in [1.165, 1.54) is 35.0 Å². The maximum atomic E-state index is 14.4. The zero-order valence-electron chi connectivity index (χ0n) is 35.8. The molecule has 6 aromatic rings. The summed E-state index contributed by atoms with van der Waals surface area (Å²) in [6.07, 6.45) is 6.56. The van der Waals surface area contributed by atoms with E-state index in [0.717, 1.165) is 67.1 Å². The molecule has 0 spiro atoms. The van der Waals surface area contributed by atoms with Gasteiger partial charge in [0.05, 0.1) is 27.6 Å². The van der Waals surface area contributed by atoms with Crippen LogP contribution < -0.4 is 24.4 Å². The van der Waals surface area contributed by atoms with Gasteiger partial charge in [-0.1, -0.05) is 61.4 Å². The highest BCUT2D eigenvalue weighted by atomic mass is 35.5. The first-order chi connectivity index (χ1) is 31.2. The van der Waals surface area contributed by atoms with Gasteiger partial charge in [0.2, 0.25) is 0 Å². The first-order valence-electron chi connectivity index (χ1n) is 21.4. The summed E-state index contributed by atoms with van der Waals surface area (Å²) in [6.45, 7) is 8.47. The maximum absolute atomic E-state index is 14.4. The summed E-state index contributed by atoms with van der Waals surface area (Å²) in [5.41, 5.74) is 5.35. The molecule has 3 aliphatic rings. The monoisotopic (exact) mass is 919 g/mol. The molecular weight excluding hydrogens is 873 g/mol. The fourth-order valence-electron chi connectivity index (χ4n) is 8.83. The quantitative estimate of drug-likeness (QED) is 0.0789. The zero-order chi connectivity index (χ0) is 45.5. The number of hydrogen-bond donors (Lipinski definition) is 3. The molecule has 4 heterocycles. The summed E-state index contributed by atoms with van der Waals surface area (Å²) >= 11 is 6.24. The molecule has 9 rings (SSSR count). The highest BCUT2D eigenvalue weighted by Crippen LogP contribution is 2.44. The minimum atomic E-state index is -4.71. The average Bonchev–Trinajstić information content (AvgIpc) is 3.76. The summed E-state index contributed by atoms with van der Waals surface area (Å²) in [4.78, 5) is 37.2. The van der Waals surface area contributed by atoms with Gasteiger partial charge in [-0.25, -0.2) is 22.5 Å². The Hall–Kier alpha value is -6.49. The Labute approximate surface area is 380 Å². The number of hydrogen-bond acceptors (Lipinski definition) is 11. The number of allylic oxidation sites excluding steroid dienone is 1. The normalized spacial score (nSPS) is 17.5. The van der Waals surface area contributed by atoms with Crippen LogP contribution in [-0.2, 0) is 16.4 Å². The fraction of sp³-hybridized carbons (Fsp3) is 0.292. The predicted molar refractivity (Wildman–Crippen MR) is 248 cm³/mol. The van der Waals surface area contributed by atoms with Crippen molar-refractivity contribution >= 4 is 61.2 Å². The zero-order valence-corrected chi connectivity index (χ0v) is 37.3. The second-order valence-electron chi connectivity index (χ2n) is 17.5. The molecule has 1 fully saturated rings. The van der Waals surface area contributed by atoms with Gasteiger partial charge < -0.3 is 24.7 Å². The number of H-pyrrole nitrogens is 1. The van der Waals surface area contributed by atoms with Crippen LogP contribution in [0.15, 0.2) is 114 Å². The SMILES string of the molecule is CC1(C)CCC(CN2CCN(c3ccc(C(=O)NS(=O)(=O)c4cc5c(c([N+](=O)[O-])c4)N[C@@H](Cc4ccccc4F)CO5)c(Oc4cnc5[nH]ccc5c4)c3)CC2)=C(c2ccc(Cl)cc2)C1. The van der Waals surface area contributed by atoms with Crippen LogP contribution in [0.2, 0.25) is 5.02 Å². The molecule has 2 aliphatic heterocycles. The summed E-state index contributed by atoms with van der Waals surface area (Å²) in [7, 11) is -4.71. The molecule has 0 saturated carbocycles. The predicted octanol–water partition coefficient (Wildman–Crippen LogP) is 9.38. The second kappa shape index (κ2) is 17.8. The number of amides is 1. The molecule has 65 heavy (non-hydrogen) atoms. The van der Waals surface area contributed by atoms with Crippen molar-refractivity contribution in [3.63, 3.8) is 0 Å². The topological polar surface area (TPSA) is 172 Å². The van der Waals surface area contributed by atoms with Crippen LogP contribution in [-0.4, -0.2) is 79.5 Å². The number of nitro groups is 1. The Morgan fingerprint density at radius 3 is 2.60 bits per heavy atom. The number of halogens is 2. The van der Waals surface area contributed by atoms with Crippen LogP contribution in [0.25, 0.3) is 16.6 Å². The molecule has 4 aromatic carbocycles. The molecule has 3 N–H and O–H groups in total. The number of rotatable bonds is 12. The van der Waals surface area contributed by atoms with Crippen molar-refractivity contribution in [3.05, 3.63) is 147 Å². The van der Waals surface area contributed by atoms with E-state index in [4.69, 9.17) is 21.1 Å². The van der Waals surface area contributed by atoms with Crippen molar-refractivity contribution < 1.29 is 32.0 Å². The number of piperazine rings is 1. The number of aromatic nitrogens is 2. The molecule has 0 radical (unpaired) electrons. The van der Waals surface area contributed by atoms with E-state index >= 15 is 0 Å². The highest BCUT2D eigenvalue weighted by molar-refractivity contribution is 7.90. The Morgan fingerprint density at radius 2 is 1.83 bits per heavy atom. The standard InChI is InChI=1S/C48H47ClFN7O7S/c1-48(2)15-13-33(40(26-48)30-7-9-34(49)10-8-30)28-55-17-19-56(20-18-55)36-11-12-39(43(23-36)64-37-22-32-14-16-51-46(32)52-27-37)47(58)54-65(61,62)38-24-42(57(59)60)45-44(25-38)63-29-35(53-45)21-31-5-3-4-6-41(31)50/h3-12,14,16,22-25,27,35,53H,13,15,17-21,26,28-29H2,1-2H3,(H,51,52)(H,54,58)/t35-/m0/s1. The minimum Gasteiger partial charge on any atom is -0.489 e. The van der Waals surface area contributed by atoms with E-state index in [0.29, 0.717) is 30.0 Å². The van der Waals surface area contributed by atoms with Crippen molar-refractivity contribution in [2.75, 3.05) is 49.5 Å². The van der Waals surface area contributed by atoms with Gasteiger partial charge in [0, 0.05) is 73.2 Å². The Balaban J connectivity index is 0.945. The van der Waals surface area contributed by atoms with Crippen LogP contribution in [0.1, 0.15) is 54.6 Å². The molecule has 336 valence electrons. The van der Waals surface area contributed by atoms with E-state index in [1.807, 2.05) is 18.2 Å². The largest absolute Gasteiger partial charge is 0.489 e.